The van der Waals surface area contributed by atoms with Crippen LogP contribution in [0.25, 0.3) is 0 Å². The molecule has 1 aromatic rings. The molecular weight excluding hydrogens is 242 g/mol. The van der Waals surface area contributed by atoms with Crippen molar-refractivity contribution in [3.05, 3.63) is 35.4 Å². The maximum Gasteiger partial charge on any atom is 0.307 e. The Morgan fingerprint density at radius 3 is 2.47 bits per heavy atom. The van der Waals surface area contributed by atoms with Crippen molar-refractivity contribution in [3.8, 4) is 0 Å². The standard InChI is InChI=1S/C15H23NO3/c1-3-15(2,8-9-17)16-11-13-7-5-4-6-12(13)10-14(18)19/h4-7,16-17H,3,8-11H2,1-2H3,(H,18,19). The average molecular weight is 265 g/mol. The largest absolute Gasteiger partial charge is 0.481 e. The fourth-order valence-electron chi connectivity index (χ4n) is 2.01. The monoisotopic (exact) mass is 265 g/mol. The van der Waals surface area contributed by atoms with Gasteiger partial charge in [0.1, 0.15) is 0 Å². The van der Waals surface area contributed by atoms with Crippen LogP contribution in [0.1, 0.15) is 37.8 Å². The molecule has 0 aliphatic rings. The molecule has 19 heavy (non-hydrogen) atoms. The third-order valence-corrected chi connectivity index (χ3v) is 3.61. The molecule has 0 aliphatic heterocycles. The van der Waals surface area contributed by atoms with Gasteiger partial charge >= 0.3 is 5.97 Å². The van der Waals surface area contributed by atoms with Gasteiger partial charge in [0.25, 0.3) is 0 Å². The zero-order chi connectivity index (χ0) is 14.3. The highest BCUT2D eigenvalue weighted by molar-refractivity contribution is 5.70. The molecule has 0 spiro atoms. The second kappa shape index (κ2) is 7.26. The predicted molar refractivity (Wildman–Crippen MR) is 75.0 cm³/mol. The highest BCUT2D eigenvalue weighted by Crippen LogP contribution is 2.16. The zero-order valence-electron chi connectivity index (χ0n) is 11.6. The van der Waals surface area contributed by atoms with Gasteiger partial charge < -0.3 is 15.5 Å². The molecule has 4 nitrogen and oxygen atoms in total. The van der Waals surface area contributed by atoms with Crippen LogP contribution in [0.4, 0.5) is 0 Å². The molecule has 1 unspecified atom stereocenters. The lowest BCUT2D eigenvalue weighted by Crippen LogP contribution is -2.42. The Balaban J connectivity index is 2.74. The number of nitrogens with one attached hydrogen (secondary N) is 1. The van der Waals surface area contributed by atoms with E-state index in [1.165, 1.54) is 0 Å². The van der Waals surface area contributed by atoms with Gasteiger partial charge in [-0.25, -0.2) is 0 Å². The molecule has 0 amide bonds. The Morgan fingerprint density at radius 2 is 1.95 bits per heavy atom. The molecule has 1 atom stereocenters. The van der Waals surface area contributed by atoms with Gasteiger partial charge in [0.2, 0.25) is 0 Å². The molecule has 0 aliphatic carbocycles. The molecule has 106 valence electrons. The number of hydrogen-bond donors (Lipinski definition) is 3. The lowest BCUT2D eigenvalue weighted by Gasteiger charge is -2.29. The van der Waals surface area contributed by atoms with E-state index in [9.17, 15) is 4.79 Å². The lowest BCUT2D eigenvalue weighted by atomic mass is 9.94. The SMILES string of the molecule is CCC(C)(CCO)NCc1ccccc1CC(=O)O. The molecule has 0 aromatic heterocycles. The first-order valence-corrected chi connectivity index (χ1v) is 6.65. The van der Waals surface area contributed by atoms with Crippen LogP contribution in [0.5, 0.6) is 0 Å². The summed E-state index contributed by atoms with van der Waals surface area (Å²) in [6.07, 6.45) is 1.64. The maximum absolute atomic E-state index is 10.8. The first kappa shape index (κ1) is 15.7. The fraction of sp³-hybridized carbons (Fsp3) is 0.533. The summed E-state index contributed by atoms with van der Waals surface area (Å²) in [6.45, 7) is 4.91. The Kier molecular flexibility index (Phi) is 5.99. The summed E-state index contributed by atoms with van der Waals surface area (Å²) >= 11 is 0. The quantitative estimate of drug-likeness (QED) is 0.672. The average Bonchev–Trinajstić information content (AvgIpc) is 2.37. The zero-order valence-corrected chi connectivity index (χ0v) is 11.6. The number of aliphatic hydroxyl groups excluding tert-OH is 1. The first-order valence-electron chi connectivity index (χ1n) is 6.65. The Bertz CT molecular complexity index is 420. The van der Waals surface area contributed by atoms with Crippen LogP contribution in [-0.2, 0) is 17.8 Å². The van der Waals surface area contributed by atoms with Gasteiger partial charge in [-0.1, -0.05) is 31.2 Å². The van der Waals surface area contributed by atoms with E-state index in [0.717, 1.165) is 17.5 Å². The minimum Gasteiger partial charge on any atom is -0.481 e. The summed E-state index contributed by atoms with van der Waals surface area (Å²) < 4.78 is 0. The molecule has 0 saturated carbocycles. The summed E-state index contributed by atoms with van der Waals surface area (Å²) in [5, 5.41) is 21.4. The molecule has 0 fully saturated rings. The Labute approximate surface area is 114 Å². The van der Waals surface area contributed by atoms with Crippen molar-refractivity contribution >= 4 is 5.97 Å². The Hall–Kier alpha value is -1.39. The van der Waals surface area contributed by atoms with Crippen LogP contribution in [0.2, 0.25) is 0 Å². The van der Waals surface area contributed by atoms with Crippen molar-refractivity contribution < 1.29 is 15.0 Å². The van der Waals surface area contributed by atoms with E-state index >= 15 is 0 Å². The summed E-state index contributed by atoms with van der Waals surface area (Å²) in [4.78, 5) is 10.8. The van der Waals surface area contributed by atoms with Crippen molar-refractivity contribution in [2.24, 2.45) is 0 Å². The van der Waals surface area contributed by atoms with Gasteiger partial charge in [-0.2, -0.15) is 0 Å². The summed E-state index contributed by atoms with van der Waals surface area (Å²) in [7, 11) is 0. The Morgan fingerprint density at radius 1 is 1.32 bits per heavy atom. The fourth-order valence-corrected chi connectivity index (χ4v) is 2.01. The summed E-state index contributed by atoms with van der Waals surface area (Å²) in [6, 6.07) is 7.56. The van der Waals surface area contributed by atoms with Crippen LogP contribution in [0, 0.1) is 0 Å². The van der Waals surface area contributed by atoms with Gasteiger partial charge in [0.15, 0.2) is 0 Å². The number of carboxylic acids is 1. The van der Waals surface area contributed by atoms with Crippen LogP contribution in [0.3, 0.4) is 0 Å². The van der Waals surface area contributed by atoms with Crippen molar-refractivity contribution in [2.45, 2.75) is 45.2 Å². The second-order valence-electron chi connectivity index (χ2n) is 5.08. The van der Waals surface area contributed by atoms with Crippen LogP contribution < -0.4 is 5.32 Å². The van der Waals surface area contributed by atoms with Crippen molar-refractivity contribution in [1.29, 1.82) is 0 Å². The third-order valence-electron chi connectivity index (χ3n) is 3.61. The molecule has 0 bridgehead atoms. The van der Waals surface area contributed by atoms with Gasteiger partial charge in [0.05, 0.1) is 6.42 Å². The molecule has 0 heterocycles. The van der Waals surface area contributed by atoms with Crippen LogP contribution >= 0.6 is 0 Å². The normalized spacial score (nSPS) is 14.1. The van der Waals surface area contributed by atoms with Gasteiger partial charge in [-0.15, -0.1) is 0 Å². The van der Waals surface area contributed by atoms with E-state index < -0.39 is 5.97 Å². The number of rotatable bonds is 8. The van der Waals surface area contributed by atoms with Crippen molar-refractivity contribution in [2.75, 3.05) is 6.61 Å². The topological polar surface area (TPSA) is 69.6 Å². The van der Waals surface area contributed by atoms with Crippen molar-refractivity contribution in [1.82, 2.24) is 5.32 Å². The predicted octanol–water partition coefficient (Wildman–Crippen LogP) is 1.95. The number of aliphatic carboxylic acids is 1. The van der Waals surface area contributed by atoms with E-state index in [0.29, 0.717) is 13.0 Å². The molecule has 0 radical (unpaired) electrons. The van der Waals surface area contributed by atoms with E-state index in [-0.39, 0.29) is 18.6 Å². The third kappa shape index (κ3) is 5.01. The molecule has 0 saturated heterocycles. The van der Waals surface area contributed by atoms with Crippen LogP contribution in [0.15, 0.2) is 24.3 Å². The molecule has 4 heteroatoms. The molecule has 1 aromatic carbocycles. The number of hydrogen-bond acceptors (Lipinski definition) is 3. The van der Waals surface area contributed by atoms with Gasteiger partial charge in [-0.3, -0.25) is 4.79 Å². The van der Waals surface area contributed by atoms with E-state index in [2.05, 4.69) is 19.2 Å². The second-order valence-corrected chi connectivity index (χ2v) is 5.08. The smallest absolute Gasteiger partial charge is 0.307 e. The minimum atomic E-state index is -0.818. The number of carbonyl (C=O) groups is 1. The van der Waals surface area contributed by atoms with E-state index in [4.69, 9.17) is 10.2 Å². The number of aliphatic hydroxyl groups is 1. The van der Waals surface area contributed by atoms with Gasteiger partial charge in [0, 0.05) is 18.7 Å². The first-order chi connectivity index (χ1) is 9.00. The molecule has 3 N–H and O–H groups in total. The molecular formula is C15H23NO3. The van der Waals surface area contributed by atoms with E-state index in [1.54, 1.807) is 0 Å². The maximum atomic E-state index is 10.8. The van der Waals surface area contributed by atoms with Crippen LogP contribution in [-0.4, -0.2) is 28.3 Å². The number of carboxylic acid groups (broad SMARTS) is 1. The molecule has 1 rings (SSSR count). The van der Waals surface area contributed by atoms with Crippen molar-refractivity contribution in [3.63, 3.8) is 0 Å². The van der Waals surface area contributed by atoms with E-state index in [1.807, 2.05) is 24.3 Å². The lowest BCUT2D eigenvalue weighted by molar-refractivity contribution is -0.136. The summed E-state index contributed by atoms with van der Waals surface area (Å²) in [5.41, 5.74) is 1.72. The highest BCUT2D eigenvalue weighted by atomic mass is 16.4. The van der Waals surface area contributed by atoms with Gasteiger partial charge in [-0.05, 0) is 30.9 Å². The number of benzene rings is 1. The highest BCUT2D eigenvalue weighted by Gasteiger charge is 2.20. The summed E-state index contributed by atoms with van der Waals surface area (Å²) in [5.74, 6) is -0.818. The minimum absolute atomic E-state index is 0.0424.